The van der Waals surface area contributed by atoms with Crippen LogP contribution in [0.2, 0.25) is 0 Å². The van der Waals surface area contributed by atoms with Gasteiger partial charge >= 0.3 is 0 Å². The predicted molar refractivity (Wildman–Crippen MR) is 104 cm³/mol. The smallest absolute Gasteiger partial charge is 0.146 e. The van der Waals surface area contributed by atoms with E-state index >= 15 is 0 Å². The molecule has 0 saturated carbocycles. The van der Waals surface area contributed by atoms with Crippen LogP contribution < -0.4 is 15.1 Å². The van der Waals surface area contributed by atoms with E-state index in [0.29, 0.717) is 12.2 Å². The lowest BCUT2D eigenvalue weighted by atomic mass is 10.2. The Bertz CT molecular complexity index is 880. The van der Waals surface area contributed by atoms with Crippen molar-refractivity contribution >= 4 is 17.3 Å². The Morgan fingerprint density at radius 2 is 1.67 bits per heavy atom. The number of hydrogen-bond donors (Lipinski definition) is 1. The molecular weight excluding hydrogens is 343 g/mol. The van der Waals surface area contributed by atoms with Gasteiger partial charge in [0.05, 0.1) is 17.9 Å². The molecule has 0 bridgehead atoms. The van der Waals surface area contributed by atoms with E-state index in [0.717, 1.165) is 43.5 Å². The second-order valence-corrected chi connectivity index (χ2v) is 6.36. The number of aromatic nitrogens is 3. The molecule has 1 aromatic carbocycles. The first-order chi connectivity index (χ1) is 13.3. The van der Waals surface area contributed by atoms with Gasteiger partial charge in [-0.05, 0) is 24.3 Å². The summed E-state index contributed by atoms with van der Waals surface area (Å²) in [6.45, 7) is 3.68. The van der Waals surface area contributed by atoms with Crippen molar-refractivity contribution < 1.29 is 4.39 Å². The number of piperazine rings is 1. The highest BCUT2D eigenvalue weighted by Gasteiger charge is 2.20. The van der Waals surface area contributed by atoms with Crippen LogP contribution >= 0.6 is 0 Å². The normalized spacial score (nSPS) is 14.3. The van der Waals surface area contributed by atoms with Gasteiger partial charge in [0.25, 0.3) is 0 Å². The lowest BCUT2D eigenvalue weighted by Crippen LogP contribution is -2.47. The molecule has 2 aromatic heterocycles. The number of nitrogens with zero attached hydrogens (tertiary/aromatic N) is 5. The van der Waals surface area contributed by atoms with Crippen LogP contribution in [0.1, 0.15) is 5.69 Å². The van der Waals surface area contributed by atoms with E-state index in [2.05, 4.69) is 30.1 Å². The average Bonchev–Trinajstić information content (AvgIpc) is 2.74. The van der Waals surface area contributed by atoms with E-state index in [1.54, 1.807) is 18.6 Å². The summed E-state index contributed by atoms with van der Waals surface area (Å²) in [7, 11) is 0. The lowest BCUT2D eigenvalue weighted by Gasteiger charge is -2.36. The van der Waals surface area contributed by atoms with Crippen molar-refractivity contribution in [2.75, 3.05) is 41.3 Å². The Morgan fingerprint density at radius 1 is 0.889 bits per heavy atom. The molecule has 4 rings (SSSR count). The van der Waals surface area contributed by atoms with Crippen molar-refractivity contribution in [1.82, 2.24) is 15.0 Å². The van der Waals surface area contributed by atoms with E-state index in [9.17, 15) is 4.39 Å². The van der Waals surface area contributed by atoms with E-state index in [4.69, 9.17) is 0 Å². The van der Waals surface area contributed by atoms with Crippen LogP contribution in [0, 0.1) is 5.82 Å². The van der Waals surface area contributed by atoms with Crippen LogP contribution in [0.4, 0.5) is 21.7 Å². The number of hydrogen-bond acceptors (Lipinski definition) is 6. The molecule has 6 nitrogen and oxygen atoms in total. The second-order valence-electron chi connectivity index (χ2n) is 6.36. The van der Waals surface area contributed by atoms with Gasteiger partial charge in [-0.1, -0.05) is 18.2 Å². The largest absolute Gasteiger partial charge is 0.366 e. The van der Waals surface area contributed by atoms with Crippen molar-refractivity contribution in [3.8, 4) is 0 Å². The summed E-state index contributed by atoms with van der Waals surface area (Å²) >= 11 is 0. The summed E-state index contributed by atoms with van der Waals surface area (Å²) in [4.78, 5) is 17.3. The number of rotatable bonds is 5. The molecule has 1 fully saturated rings. The third-order valence-electron chi connectivity index (χ3n) is 4.63. The number of nitrogens with one attached hydrogen (secondary N) is 1. The molecule has 3 heterocycles. The first-order valence-electron chi connectivity index (χ1n) is 9.00. The summed E-state index contributed by atoms with van der Waals surface area (Å²) < 4.78 is 14.0. The molecule has 0 unspecified atom stereocenters. The standard InChI is InChI=1S/C20H21FN6/c21-17-6-1-2-7-18(17)26-9-11-27(12-10-26)20-13-19(24-15-25-20)23-14-16-5-3-4-8-22-16/h1-8,13,15H,9-12,14H2,(H,23,24,25). The Hall–Kier alpha value is -3.22. The fourth-order valence-electron chi connectivity index (χ4n) is 3.19. The molecule has 1 N–H and O–H groups in total. The third-order valence-corrected chi connectivity index (χ3v) is 4.63. The molecule has 1 aliphatic heterocycles. The molecule has 0 amide bonds. The van der Waals surface area contributed by atoms with Crippen LogP contribution in [-0.4, -0.2) is 41.1 Å². The van der Waals surface area contributed by atoms with Crippen LogP contribution in [0.15, 0.2) is 61.1 Å². The quantitative estimate of drug-likeness (QED) is 0.751. The zero-order valence-electron chi connectivity index (χ0n) is 14.9. The SMILES string of the molecule is Fc1ccccc1N1CCN(c2cc(NCc3ccccn3)ncn2)CC1. The molecule has 138 valence electrons. The molecule has 0 aliphatic carbocycles. The summed E-state index contributed by atoms with van der Waals surface area (Å²) in [6, 6.07) is 14.7. The summed E-state index contributed by atoms with van der Waals surface area (Å²) in [6.07, 6.45) is 3.34. The monoisotopic (exact) mass is 364 g/mol. The van der Waals surface area contributed by atoms with Gasteiger partial charge < -0.3 is 15.1 Å². The molecule has 0 atom stereocenters. The van der Waals surface area contributed by atoms with Gasteiger partial charge in [0, 0.05) is 38.4 Å². The first-order valence-corrected chi connectivity index (χ1v) is 9.00. The molecule has 7 heteroatoms. The highest BCUT2D eigenvalue weighted by atomic mass is 19.1. The molecule has 1 saturated heterocycles. The van der Waals surface area contributed by atoms with Crippen LogP contribution in [0.3, 0.4) is 0 Å². The minimum Gasteiger partial charge on any atom is -0.366 e. The van der Waals surface area contributed by atoms with Gasteiger partial charge in [0.15, 0.2) is 0 Å². The van der Waals surface area contributed by atoms with Crippen LogP contribution in [0.5, 0.6) is 0 Å². The van der Waals surface area contributed by atoms with Gasteiger partial charge in [0.2, 0.25) is 0 Å². The summed E-state index contributed by atoms with van der Waals surface area (Å²) in [5.74, 6) is 1.47. The highest BCUT2D eigenvalue weighted by molar-refractivity contribution is 5.52. The molecule has 3 aromatic rings. The fourth-order valence-corrected chi connectivity index (χ4v) is 3.19. The second kappa shape index (κ2) is 7.99. The fraction of sp³-hybridized carbons (Fsp3) is 0.250. The topological polar surface area (TPSA) is 57.2 Å². The summed E-state index contributed by atoms with van der Waals surface area (Å²) in [5.41, 5.74) is 1.62. The average molecular weight is 364 g/mol. The number of benzene rings is 1. The van der Waals surface area contributed by atoms with Gasteiger partial charge in [0.1, 0.15) is 23.8 Å². The number of para-hydroxylation sites is 1. The number of anilines is 3. The minimum absolute atomic E-state index is 0.172. The maximum atomic E-state index is 14.0. The number of halogens is 1. The third kappa shape index (κ3) is 4.13. The Kier molecular flexibility index (Phi) is 5.09. The van der Waals surface area contributed by atoms with Crippen molar-refractivity contribution in [2.45, 2.75) is 6.54 Å². The van der Waals surface area contributed by atoms with Crippen LogP contribution in [0.25, 0.3) is 0 Å². The Labute approximate surface area is 157 Å². The van der Waals surface area contributed by atoms with Crippen molar-refractivity contribution in [1.29, 1.82) is 0 Å². The summed E-state index contributed by atoms with van der Waals surface area (Å²) in [5, 5.41) is 3.28. The predicted octanol–water partition coefficient (Wildman–Crippen LogP) is 2.95. The van der Waals surface area contributed by atoms with Gasteiger partial charge in [-0.3, -0.25) is 4.98 Å². The maximum Gasteiger partial charge on any atom is 0.146 e. The van der Waals surface area contributed by atoms with Crippen LogP contribution in [-0.2, 0) is 6.54 Å². The number of pyridine rings is 1. The molecule has 0 radical (unpaired) electrons. The van der Waals surface area contributed by atoms with Gasteiger partial charge in [-0.2, -0.15) is 0 Å². The first kappa shape index (κ1) is 17.2. The van der Waals surface area contributed by atoms with Gasteiger partial charge in [-0.15, -0.1) is 0 Å². The Balaban J connectivity index is 1.38. The minimum atomic E-state index is -0.172. The highest BCUT2D eigenvalue weighted by Crippen LogP contribution is 2.22. The van der Waals surface area contributed by atoms with E-state index in [1.165, 1.54) is 6.07 Å². The van der Waals surface area contributed by atoms with Crippen molar-refractivity contribution in [3.05, 3.63) is 72.6 Å². The lowest BCUT2D eigenvalue weighted by molar-refractivity contribution is 0.596. The Morgan fingerprint density at radius 3 is 2.44 bits per heavy atom. The zero-order valence-corrected chi connectivity index (χ0v) is 14.9. The van der Waals surface area contributed by atoms with Crippen molar-refractivity contribution in [2.24, 2.45) is 0 Å². The van der Waals surface area contributed by atoms with Crippen molar-refractivity contribution in [3.63, 3.8) is 0 Å². The molecular formula is C20H21FN6. The van der Waals surface area contributed by atoms with E-state index in [1.807, 2.05) is 36.4 Å². The van der Waals surface area contributed by atoms with E-state index in [-0.39, 0.29) is 5.82 Å². The molecule has 27 heavy (non-hydrogen) atoms. The molecule has 1 aliphatic rings. The maximum absolute atomic E-state index is 14.0. The van der Waals surface area contributed by atoms with Gasteiger partial charge in [-0.25, -0.2) is 14.4 Å². The molecule has 0 spiro atoms. The zero-order chi connectivity index (χ0) is 18.5. The van der Waals surface area contributed by atoms with E-state index < -0.39 is 0 Å².